The van der Waals surface area contributed by atoms with Crippen LogP contribution in [0, 0.1) is 24.2 Å². The van der Waals surface area contributed by atoms with Gasteiger partial charge in [0.1, 0.15) is 17.6 Å². The SMILES string of the molecule is COc1ncc(C(=O)C2CCN(C(=O)CC(C)(C)CC3=NC(=O)C4C=NN(C)C4=N3)CC2)cc1C. The fourth-order valence-corrected chi connectivity index (χ4v) is 4.79. The predicted octanol–water partition coefficient (Wildman–Crippen LogP) is 2.51. The third-order valence-corrected chi connectivity index (χ3v) is 6.74. The zero-order chi connectivity index (χ0) is 25.3. The van der Waals surface area contributed by atoms with E-state index >= 15 is 0 Å². The van der Waals surface area contributed by atoms with Crippen LogP contribution in [0.3, 0.4) is 0 Å². The second-order valence-electron chi connectivity index (χ2n) is 10.2. The van der Waals surface area contributed by atoms with Crippen molar-refractivity contribution >= 4 is 35.5 Å². The molecular formula is C25H32N6O4. The van der Waals surface area contributed by atoms with Crippen molar-refractivity contribution < 1.29 is 19.1 Å². The Bertz CT molecular complexity index is 1130. The number of likely N-dealkylation sites (tertiary alicyclic amines) is 1. The number of ketones is 1. The second kappa shape index (κ2) is 9.67. The number of carbonyl (C=O) groups excluding carboxylic acids is 3. The van der Waals surface area contributed by atoms with Crippen LogP contribution in [-0.4, -0.2) is 77.6 Å². The molecule has 1 aromatic heterocycles. The number of hydrazone groups is 1. The summed E-state index contributed by atoms with van der Waals surface area (Å²) in [6.45, 7) is 6.91. The molecule has 2 amide bonds. The van der Waals surface area contributed by atoms with Crippen LogP contribution in [0.4, 0.5) is 0 Å². The van der Waals surface area contributed by atoms with E-state index in [9.17, 15) is 14.4 Å². The number of amidine groups is 2. The number of piperidine rings is 1. The van der Waals surface area contributed by atoms with Crippen molar-refractivity contribution in [3.05, 3.63) is 23.4 Å². The van der Waals surface area contributed by atoms with Crippen LogP contribution in [-0.2, 0) is 9.59 Å². The van der Waals surface area contributed by atoms with Crippen LogP contribution in [0.15, 0.2) is 27.3 Å². The molecule has 3 aliphatic rings. The number of aryl methyl sites for hydroxylation is 1. The maximum atomic E-state index is 13.1. The molecule has 1 atom stereocenters. The first-order valence-corrected chi connectivity index (χ1v) is 11.9. The number of fused-ring (bicyclic) bond motifs is 1. The number of carbonyl (C=O) groups is 3. The maximum absolute atomic E-state index is 13.1. The summed E-state index contributed by atoms with van der Waals surface area (Å²) < 4.78 is 5.18. The minimum Gasteiger partial charge on any atom is -0.481 e. The number of ether oxygens (including phenoxy) is 1. The average molecular weight is 481 g/mol. The molecule has 1 aromatic rings. The van der Waals surface area contributed by atoms with Gasteiger partial charge in [0.2, 0.25) is 11.8 Å². The Morgan fingerprint density at radius 1 is 1.20 bits per heavy atom. The number of aliphatic imine (C=N–C) groups is 2. The van der Waals surface area contributed by atoms with Crippen molar-refractivity contribution in [2.24, 2.45) is 32.3 Å². The first-order valence-electron chi connectivity index (χ1n) is 11.9. The van der Waals surface area contributed by atoms with E-state index < -0.39 is 11.3 Å². The monoisotopic (exact) mass is 480 g/mol. The van der Waals surface area contributed by atoms with Gasteiger partial charge in [-0.15, -0.1) is 0 Å². The standard InChI is InChI=1S/C25H32N6O4/c1-15-10-17(13-26-24(15)35-5)21(33)16-6-8-31(9-7-16)20(32)12-25(2,3)11-19-28-22-18(23(34)29-19)14-27-30(22)4/h10,13-14,16,18H,6-9,11-12H2,1-5H3. The Labute approximate surface area is 205 Å². The van der Waals surface area contributed by atoms with Crippen molar-refractivity contribution in [1.82, 2.24) is 14.9 Å². The lowest BCUT2D eigenvalue weighted by Crippen LogP contribution is -2.42. The minimum atomic E-state index is -0.505. The molecule has 0 aliphatic carbocycles. The lowest BCUT2D eigenvalue weighted by Gasteiger charge is -2.34. The molecular weight excluding hydrogens is 448 g/mol. The third-order valence-electron chi connectivity index (χ3n) is 6.74. The zero-order valence-electron chi connectivity index (χ0n) is 20.9. The van der Waals surface area contributed by atoms with Gasteiger partial charge in [-0.3, -0.25) is 19.4 Å². The first-order chi connectivity index (χ1) is 16.6. The van der Waals surface area contributed by atoms with E-state index in [0.717, 1.165) is 5.56 Å². The first kappa shape index (κ1) is 24.7. The molecule has 1 saturated heterocycles. The molecule has 10 heteroatoms. The van der Waals surface area contributed by atoms with E-state index in [1.54, 1.807) is 31.6 Å². The van der Waals surface area contributed by atoms with E-state index in [4.69, 9.17) is 4.74 Å². The lowest BCUT2D eigenvalue weighted by molar-refractivity contribution is -0.134. The van der Waals surface area contributed by atoms with Crippen LogP contribution < -0.4 is 4.74 Å². The van der Waals surface area contributed by atoms with Gasteiger partial charge in [-0.1, -0.05) is 13.8 Å². The normalized spacial score (nSPS) is 20.5. The van der Waals surface area contributed by atoms with E-state index in [1.807, 2.05) is 31.7 Å². The van der Waals surface area contributed by atoms with Gasteiger partial charge in [0.05, 0.1) is 7.11 Å². The smallest absolute Gasteiger partial charge is 0.263 e. The lowest BCUT2D eigenvalue weighted by atomic mass is 9.83. The fraction of sp³-hybridized carbons (Fsp3) is 0.560. The number of rotatable bonds is 7. The molecule has 35 heavy (non-hydrogen) atoms. The number of amides is 2. The number of methoxy groups -OCH3 is 1. The molecule has 0 aromatic carbocycles. The molecule has 186 valence electrons. The van der Waals surface area contributed by atoms with Gasteiger partial charge in [0, 0.05) is 62.4 Å². The highest BCUT2D eigenvalue weighted by molar-refractivity contribution is 6.24. The quantitative estimate of drug-likeness (QED) is 0.554. The summed E-state index contributed by atoms with van der Waals surface area (Å²) in [6, 6.07) is 1.81. The third kappa shape index (κ3) is 5.31. The average Bonchev–Trinajstić information content (AvgIpc) is 3.19. The molecule has 0 N–H and O–H groups in total. The molecule has 1 fully saturated rings. The molecule has 4 heterocycles. The van der Waals surface area contributed by atoms with E-state index in [2.05, 4.69) is 20.1 Å². The maximum Gasteiger partial charge on any atom is 0.263 e. The van der Waals surface area contributed by atoms with Crippen LogP contribution in [0.25, 0.3) is 0 Å². The largest absolute Gasteiger partial charge is 0.481 e. The molecule has 4 rings (SSSR count). The van der Waals surface area contributed by atoms with Gasteiger partial charge in [0.15, 0.2) is 5.78 Å². The molecule has 1 unspecified atom stereocenters. The Morgan fingerprint density at radius 2 is 1.91 bits per heavy atom. The summed E-state index contributed by atoms with van der Waals surface area (Å²) in [4.78, 5) is 53.1. The summed E-state index contributed by atoms with van der Waals surface area (Å²) in [5, 5.41) is 5.70. The fourth-order valence-electron chi connectivity index (χ4n) is 4.79. The molecule has 3 aliphatic heterocycles. The molecule has 10 nitrogen and oxygen atoms in total. The number of hydrogen-bond acceptors (Lipinski definition) is 8. The van der Waals surface area contributed by atoms with E-state index in [-0.39, 0.29) is 23.5 Å². The summed E-state index contributed by atoms with van der Waals surface area (Å²) in [6.07, 6.45) is 5.08. The van der Waals surface area contributed by atoms with Crippen molar-refractivity contribution in [2.75, 3.05) is 27.2 Å². The zero-order valence-corrected chi connectivity index (χ0v) is 20.9. The van der Waals surface area contributed by atoms with Crippen molar-refractivity contribution in [2.45, 2.75) is 46.5 Å². The Hall–Kier alpha value is -3.43. The van der Waals surface area contributed by atoms with Crippen molar-refractivity contribution in [3.8, 4) is 5.88 Å². The minimum absolute atomic E-state index is 0.0393. The van der Waals surface area contributed by atoms with Gasteiger partial charge in [-0.25, -0.2) is 9.98 Å². The summed E-state index contributed by atoms with van der Waals surface area (Å²) in [5.74, 6) is 0.734. The van der Waals surface area contributed by atoms with Crippen LogP contribution in [0.1, 0.15) is 55.5 Å². The predicted molar refractivity (Wildman–Crippen MR) is 132 cm³/mol. The number of hydrogen-bond donors (Lipinski definition) is 0. The number of nitrogens with zero attached hydrogens (tertiary/aromatic N) is 6. The summed E-state index contributed by atoms with van der Waals surface area (Å²) in [5.41, 5.74) is 0.980. The topological polar surface area (TPSA) is 117 Å². The summed E-state index contributed by atoms with van der Waals surface area (Å²) >= 11 is 0. The van der Waals surface area contributed by atoms with E-state index in [0.29, 0.717) is 61.9 Å². The van der Waals surface area contributed by atoms with Crippen LogP contribution in [0.2, 0.25) is 0 Å². The number of pyridine rings is 1. The van der Waals surface area contributed by atoms with Crippen molar-refractivity contribution in [1.29, 1.82) is 0 Å². The molecule has 0 bridgehead atoms. The molecule has 0 saturated carbocycles. The Balaban J connectivity index is 1.31. The van der Waals surface area contributed by atoms with Crippen molar-refractivity contribution in [3.63, 3.8) is 0 Å². The van der Waals surface area contributed by atoms with E-state index in [1.165, 1.54) is 0 Å². The van der Waals surface area contributed by atoms with Gasteiger partial charge < -0.3 is 9.64 Å². The molecule has 0 spiro atoms. The van der Waals surface area contributed by atoms with Gasteiger partial charge in [-0.05, 0) is 31.2 Å². The Kier molecular flexibility index (Phi) is 6.82. The highest BCUT2D eigenvalue weighted by Gasteiger charge is 2.36. The Morgan fingerprint density at radius 3 is 2.57 bits per heavy atom. The van der Waals surface area contributed by atoms with Crippen LogP contribution in [0.5, 0.6) is 5.88 Å². The van der Waals surface area contributed by atoms with Gasteiger partial charge in [-0.2, -0.15) is 10.1 Å². The van der Waals surface area contributed by atoms with Gasteiger partial charge in [0.25, 0.3) is 5.91 Å². The number of aromatic nitrogens is 1. The number of Topliss-reactive ketones (excluding diaryl/α,β-unsaturated/α-hetero) is 1. The van der Waals surface area contributed by atoms with Crippen LogP contribution >= 0.6 is 0 Å². The highest BCUT2D eigenvalue weighted by Crippen LogP contribution is 2.31. The highest BCUT2D eigenvalue weighted by atomic mass is 16.5. The molecule has 0 radical (unpaired) electrons. The van der Waals surface area contributed by atoms with Gasteiger partial charge >= 0.3 is 0 Å². The summed E-state index contributed by atoms with van der Waals surface area (Å²) in [7, 11) is 3.31. The second-order valence-corrected chi connectivity index (χ2v) is 10.2.